The molecule has 2 atom stereocenters. The molecule has 2 heterocycles. The molecule has 0 radical (unpaired) electrons. The Kier molecular flexibility index (Phi) is 13.2. The van der Waals surface area contributed by atoms with Crippen molar-refractivity contribution in [2.75, 3.05) is 13.3 Å². The molecule has 0 saturated carbocycles. The van der Waals surface area contributed by atoms with Crippen molar-refractivity contribution in [3.8, 4) is 11.5 Å². The van der Waals surface area contributed by atoms with Crippen LogP contribution in [0.5, 0.6) is 11.5 Å². The molecule has 1 aromatic rings. The number of halogens is 1. The number of nitrogens with zero attached hydrogens (tertiary/aromatic N) is 1. The molecular weight excluding hydrogens is 505 g/mol. The van der Waals surface area contributed by atoms with E-state index in [1.54, 1.807) is 0 Å². The minimum atomic E-state index is 0. The largest absolute Gasteiger partial charge is 0 e. The van der Waals surface area contributed by atoms with E-state index in [-0.39, 0.29) is 17.1 Å². The van der Waals surface area contributed by atoms with Gasteiger partial charge in [-0.2, -0.15) is 0 Å². The Labute approximate surface area is 182 Å². The molecule has 0 N–H and O–H groups in total. The van der Waals surface area contributed by atoms with Crippen molar-refractivity contribution in [2.24, 2.45) is 5.92 Å². The third-order valence-corrected chi connectivity index (χ3v) is 5.31. The summed E-state index contributed by atoms with van der Waals surface area (Å²) in [5.41, 5.74) is 1.33. The zero-order valence-corrected chi connectivity index (χ0v) is 17.4. The van der Waals surface area contributed by atoms with Gasteiger partial charge >= 0.3 is 33.9 Å². The van der Waals surface area contributed by atoms with E-state index in [4.69, 9.17) is 23.4 Å². The number of likely N-dealkylation sites (tertiary alicyclic amines) is 1. The first-order chi connectivity index (χ1) is 12.8. The summed E-state index contributed by atoms with van der Waals surface area (Å²) >= 11 is 2.39. The summed E-state index contributed by atoms with van der Waals surface area (Å²) in [6.07, 6.45) is 10.3. The van der Waals surface area contributed by atoms with Crippen molar-refractivity contribution in [3.63, 3.8) is 0 Å². The molecule has 0 bridgehead atoms. The van der Waals surface area contributed by atoms with E-state index in [1.165, 1.54) is 15.6 Å². The normalized spacial score (nSPS) is 20.3. The molecule has 8 heteroatoms. The average molecular weight is 521 g/mol. The number of fused-ring (bicyclic) bond motifs is 2. The van der Waals surface area contributed by atoms with Crippen LogP contribution in [0.4, 0.5) is 0 Å². The zero-order valence-electron chi connectivity index (χ0n) is 14.2. The summed E-state index contributed by atoms with van der Waals surface area (Å²) in [5.74, 6) is 2.44. The van der Waals surface area contributed by atoms with Gasteiger partial charge in [-0.15, -0.1) is 0 Å². The summed E-state index contributed by atoms with van der Waals surface area (Å²) < 4.78 is 34.7. The molecule has 27 heavy (non-hydrogen) atoms. The fourth-order valence-corrected chi connectivity index (χ4v) is 3.86. The van der Waals surface area contributed by atoms with Crippen LogP contribution in [0.1, 0.15) is 12.0 Å². The van der Waals surface area contributed by atoms with E-state index < -0.39 is 0 Å². The van der Waals surface area contributed by atoms with Crippen LogP contribution in [0.25, 0.3) is 0 Å². The van der Waals surface area contributed by atoms with E-state index >= 15 is 0 Å². The number of allylic oxidation sites excluding steroid dienone is 2. The van der Waals surface area contributed by atoms with Gasteiger partial charge in [0.15, 0.2) is 11.5 Å². The first-order valence-corrected chi connectivity index (χ1v) is 8.67. The number of ether oxygens (including phenoxy) is 2. The first kappa shape index (κ1) is 25.7. The third kappa shape index (κ3) is 6.39. The van der Waals surface area contributed by atoms with E-state index in [0.717, 1.165) is 24.6 Å². The molecule has 1 fully saturated rings. The quantitative estimate of drug-likeness (QED) is 0.260. The van der Waals surface area contributed by atoms with Crippen LogP contribution < -0.4 is 9.47 Å². The van der Waals surface area contributed by atoms with Crippen LogP contribution >= 0.6 is 22.6 Å². The van der Waals surface area contributed by atoms with Crippen LogP contribution in [0.3, 0.4) is 0 Å². The second kappa shape index (κ2) is 13.8. The third-order valence-electron chi connectivity index (χ3n) is 4.30. The predicted octanol–water partition coefficient (Wildman–Crippen LogP) is 3.22. The maximum Gasteiger partial charge on any atom is 0 e. The van der Waals surface area contributed by atoms with Gasteiger partial charge in [-0.25, -0.2) is 0 Å². The fraction of sp³-hybridized carbons (Fsp3) is 0.316. The fourth-order valence-electron chi connectivity index (χ4n) is 3.25. The van der Waals surface area contributed by atoms with E-state index in [2.05, 4.69) is 83.9 Å². The first-order valence-electron chi connectivity index (χ1n) is 7.59. The van der Waals surface area contributed by atoms with Crippen LogP contribution in [0, 0.1) is 29.4 Å². The van der Waals surface area contributed by atoms with Gasteiger partial charge in [0.1, 0.15) is 0 Å². The second-order valence-electron chi connectivity index (χ2n) is 5.48. The Balaban J connectivity index is 0.000000885. The Bertz CT molecular complexity index is 715. The molecule has 1 aliphatic carbocycles. The van der Waals surface area contributed by atoms with Gasteiger partial charge in [-0.05, 0) is 59.2 Å². The van der Waals surface area contributed by atoms with Crippen LogP contribution in [-0.2, 0) is 37.6 Å². The Morgan fingerprint density at radius 1 is 1.00 bits per heavy atom. The molecular formula is C19H16FeINO5. The Morgan fingerprint density at radius 2 is 1.59 bits per heavy atom. The Hall–Kier alpha value is -1.27. The van der Waals surface area contributed by atoms with Gasteiger partial charge in [0, 0.05) is 33.2 Å². The minimum absolute atomic E-state index is 0. The number of rotatable bonds is 2. The molecule has 1 saturated heterocycles. The number of hydrogen-bond acceptors (Lipinski definition) is 3. The van der Waals surface area contributed by atoms with Crippen LogP contribution in [0.2, 0.25) is 0 Å². The van der Waals surface area contributed by atoms with Crippen molar-refractivity contribution >= 4 is 22.6 Å². The average Bonchev–Trinajstić information content (AvgIpc) is 3.34. The van der Waals surface area contributed by atoms with E-state index in [9.17, 15) is 0 Å². The maximum absolute atomic E-state index is 7.50. The summed E-state index contributed by atoms with van der Waals surface area (Å²) in [6, 6.07) is 4.78. The second-order valence-corrected chi connectivity index (χ2v) is 6.64. The van der Waals surface area contributed by atoms with Crippen molar-refractivity contribution in [3.05, 3.63) is 65.5 Å². The molecule has 3 aliphatic rings. The SMILES string of the molecule is Ic1cc2c(cc1CN1CC[C@H]3C=CC=C[C@H]31)OCO2.[C-]#[O+].[C-]#[O+].[C-]#[O+].[Fe]. The summed E-state index contributed by atoms with van der Waals surface area (Å²) in [7, 11) is 0. The molecule has 0 amide bonds. The smallest absolute Gasteiger partial charge is 0 e. The monoisotopic (exact) mass is 521 g/mol. The van der Waals surface area contributed by atoms with Gasteiger partial charge in [-0.1, -0.05) is 24.3 Å². The summed E-state index contributed by atoms with van der Waals surface area (Å²) in [5, 5.41) is 0. The van der Waals surface area contributed by atoms with Gasteiger partial charge < -0.3 is 9.47 Å². The van der Waals surface area contributed by atoms with E-state index in [1.807, 2.05) is 0 Å². The van der Waals surface area contributed by atoms with Gasteiger partial charge in [0.05, 0.1) is 0 Å². The molecule has 0 aromatic heterocycles. The van der Waals surface area contributed by atoms with Gasteiger partial charge in [-0.3, -0.25) is 4.90 Å². The molecule has 4 rings (SSSR count). The summed E-state index contributed by atoms with van der Waals surface area (Å²) in [4.78, 5) is 2.56. The van der Waals surface area contributed by atoms with Gasteiger partial charge in [0.25, 0.3) is 0 Å². The van der Waals surface area contributed by atoms with Crippen molar-refractivity contribution in [1.29, 1.82) is 0 Å². The molecule has 0 spiro atoms. The molecule has 2 aliphatic heterocycles. The van der Waals surface area contributed by atoms with Crippen molar-refractivity contribution in [2.45, 2.75) is 19.0 Å². The van der Waals surface area contributed by atoms with Crippen LogP contribution in [0.15, 0.2) is 36.4 Å². The van der Waals surface area contributed by atoms with E-state index in [0.29, 0.717) is 18.8 Å². The summed E-state index contributed by atoms with van der Waals surface area (Å²) in [6.45, 7) is 16.0. The maximum atomic E-state index is 7.50. The molecule has 1 aromatic carbocycles. The van der Waals surface area contributed by atoms with Gasteiger partial charge in [0.2, 0.25) is 6.79 Å². The molecule has 6 nitrogen and oxygen atoms in total. The number of benzene rings is 1. The minimum Gasteiger partial charge on any atom is 0 e. The molecule has 0 unspecified atom stereocenters. The molecule has 142 valence electrons. The predicted molar refractivity (Wildman–Crippen MR) is 97.7 cm³/mol. The van der Waals surface area contributed by atoms with Crippen molar-refractivity contribution in [1.82, 2.24) is 4.90 Å². The standard InChI is InChI=1S/C16H16INO2.3CO.Fe/c17-13-8-16-15(19-10-20-16)7-12(13)9-18-6-5-11-3-1-2-4-14(11)18;3*1-2;/h1-4,7-8,11,14H,5-6,9-10H2;;;;/t11-,14-;;;;/m1..../s1. The topological polar surface area (TPSA) is 81.4 Å². The van der Waals surface area contributed by atoms with Crippen LogP contribution in [-0.4, -0.2) is 24.3 Å². The number of hydrogen-bond donors (Lipinski definition) is 0. The van der Waals surface area contributed by atoms with Crippen molar-refractivity contribution < 1.29 is 40.5 Å². The Morgan fingerprint density at radius 3 is 2.26 bits per heavy atom. The zero-order chi connectivity index (χ0) is 19.5.